The van der Waals surface area contributed by atoms with Gasteiger partial charge in [0.25, 0.3) is 0 Å². The fraction of sp³-hybridized carbons (Fsp3) is 0.867. The lowest BCUT2D eigenvalue weighted by Gasteiger charge is -2.41. The standard InChI is InChI=1S/C15H28N4/c1-15(2,3)13-7-4-5-8-14(13)16-9-6-11-19-12-10-17-18-19/h10,12-14,16H,4-9,11H2,1-3H3. The average Bonchev–Trinajstić information content (AvgIpc) is 2.87. The van der Waals surface area contributed by atoms with E-state index in [1.807, 2.05) is 10.9 Å². The molecule has 2 atom stereocenters. The largest absolute Gasteiger partial charge is 0.314 e. The Balaban J connectivity index is 1.74. The van der Waals surface area contributed by atoms with Gasteiger partial charge in [-0.3, -0.25) is 4.68 Å². The van der Waals surface area contributed by atoms with Crippen molar-refractivity contribution in [3.05, 3.63) is 12.4 Å². The molecule has 0 aliphatic heterocycles. The van der Waals surface area contributed by atoms with Crippen molar-refractivity contribution in [1.82, 2.24) is 20.3 Å². The van der Waals surface area contributed by atoms with Crippen molar-refractivity contribution in [2.45, 2.75) is 65.5 Å². The maximum absolute atomic E-state index is 3.99. The summed E-state index contributed by atoms with van der Waals surface area (Å²) in [5, 5.41) is 11.6. The molecule has 0 spiro atoms. The van der Waals surface area contributed by atoms with E-state index in [0.29, 0.717) is 11.5 Å². The fourth-order valence-electron chi connectivity index (χ4n) is 3.29. The zero-order valence-corrected chi connectivity index (χ0v) is 12.6. The molecule has 1 aromatic heterocycles. The number of nitrogens with one attached hydrogen (secondary N) is 1. The minimum Gasteiger partial charge on any atom is -0.314 e. The van der Waals surface area contributed by atoms with Crippen LogP contribution in [0.4, 0.5) is 0 Å². The van der Waals surface area contributed by atoms with E-state index in [2.05, 4.69) is 36.4 Å². The molecule has 2 rings (SSSR count). The van der Waals surface area contributed by atoms with Gasteiger partial charge in [-0.1, -0.05) is 38.8 Å². The molecule has 1 heterocycles. The van der Waals surface area contributed by atoms with Gasteiger partial charge in [-0.2, -0.15) is 0 Å². The van der Waals surface area contributed by atoms with Crippen LogP contribution in [0.2, 0.25) is 0 Å². The summed E-state index contributed by atoms with van der Waals surface area (Å²) in [6.45, 7) is 9.18. The molecule has 0 bridgehead atoms. The Bertz CT molecular complexity index is 353. The Morgan fingerprint density at radius 2 is 2.05 bits per heavy atom. The summed E-state index contributed by atoms with van der Waals surface area (Å²) in [6, 6.07) is 0.699. The van der Waals surface area contributed by atoms with Crippen LogP contribution >= 0.6 is 0 Å². The van der Waals surface area contributed by atoms with Gasteiger partial charge in [0.1, 0.15) is 0 Å². The van der Waals surface area contributed by atoms with Crippen LogP contribution < -0.4 is 5.32 Å². The quantitative estimate of drug-likeness (QED) is 0.832. The highest BCUT2D eigenvalue weighted by molar-refractivity contribution is 4.88. The highest BCUT2D eigenvalue weighted by Crippen LogP contribution is 2.37. The minimum absolute atomic E-state index is 0.421. The summed E-state index contributed by atoms with van der Waals surface area (Å²) in [5.74, 6) is 0.813. The van der Waals surface area contributed by atoms with Gasteiger partial charge in [-0.15, -0.1) is 5.10 Å². The van der Waals surface area contributed by atoms with E-state index in [4.69, 9.17) is 0 Å². The second kappa shape index (κ2) is 6.51. The predicted octanol–water partition coefficient (Wildman–Crippen LogP) is 2.86. The van der Waals surface area contributed by atoms with Gasteiger partial charge in [-0.25, -0.2) is 0 Å². The number of hydrogen-bond donors (Lipinski definition) is 1. The molecule has 0 saturated heterocycles. The van der Waals surface area contributed by atoms with Crippen molar-refractivity contribution in [3.8, 4) is 0 Å². The average molecular weight is 264 g/mol. The third-order valence-electron chi connectivity index (χ3n) is 4.32. The Labute approximate surface area is 117 Å². The molecule has 19 heavy (non-hydrogen) atoms. The Kier molecular flexibility index (Phi) is 4.97. The van der Waals surface area contributed by atoms with E-state index >= 15 is 0 Å². The van der Waals surface area contributed by atoms with Crippen LogP contribution in [-0.2, 0) is 6.54 Å². The molecule has 0 aromatic carbocycles. The van der Waals surface area contributed by atoms with E-state index in [0.717, 1.165) is 25.4 Å². The number of aryl methyl sites for hydroxylation is 1. The molecule has 2 unspecified atom stereocenters. The monoisotopic (exact) mass is 264 g/mol. The molecule has 1 aromatic rings. The maximum atomic E-state index is 3.99. The maximum Gasteiger partial charge on any atom is 0.0692 e. The van der Waals surface area contributed by atoms with Crippen LogP contribution in [0, 0.1) is 11.3 Å². The van der Waals surface area contributed by atoms with Crippen molar-refractivity contribution < 1.29 is 0 Å². The molecule has 4 nitrogen and oxygen atoms in total. The minimum atomic E-state index is 0.421. The van der Waals surface area contributed by atoms with Gasteiger partial charge in [0.15, 0.2) is 0 Å². The van der Waals surface area contributed by atoms with Crippen LogP contribution in [0.25, 0.3) is 0 Å². The van der Waals surface area contributed by atoms with E-state index in [-0.39, 0.29) is 0 Å². The molecule has 1 fully saturated rings. The van der Waals surface area contributed by atoms with E-state index in [1.54, 1.807) is 6.20 Å². The summed E-state index contributed by atoms with van der Waals surface area (Å²) in [6.07, 6.45) is 10.3. The summed E-state index contributed by atoms with van der Waals surface area (Å²) in [5.41, 5.74) is 0.421. The molecule has 0 radical (unpaired) electrons. The first-order chi connectivity index (χ1) is 9.07. The second-order valence-electron chi connectivity index (χ2n) is 6.84. The van der Waals surface area contributed by atoms with Gasteiger partial charge in [-0.05, 0) is 37.1 Å². The zero-order valence-electron chi connectivity index (χ0n) is 12.6. The number of rotatable bonds is 5. The number of nitrogens with zero attached hydrogens (tertiary/aromatic N) is 3. The molecular formula is C15H28N4. The van der Waals surface area contributed by atoms with Crippen molar-refractivity contribution >= 4 is 0 Å². The van der Waals surface area contributed by atoms with Crippen LogP contribution in [0.5, 0.6) is 0 Å². The lowest BCUT2D eigenvalue weighted by molar-refractivity contribution is 0.131. The predicted molar refractivity (Wildman–Crippen MR) is 77.8 cm³/mol. The van der Waals surface area contributed by atoms with E-state index in [1.165, 1.54) is 25.7 Å². The molecule has 1 aliphatic carbocycles. The van der Waals surface area contributed by atoms with Gasteiger partial charge in [0.2, 0.25) is 0 Å². The molecule has 1 N–H and O–H groups in total. The lowest BCUT2D eigenvalue weighted by atomic mass is 9.69. The third kappa shape index (κ3) is 4.30. The van der Waals surface area contributed by atoms with Crippen molar-refractivity contribution in [3.63, 3.8) is 0 Å². The first kappa shape index (κ1) is 14.5. The molecule has 1 aliphatic rings. The van der Waals surface area contributed by atoms with E-state index < -0.39 is 0 Å². The van der Waals surface area contributed by atoms with Gasteiger partial charge >= 0.3 is 0 Å². The van der Waals surface area contributed by atoms with Gasteiger partial charge in [0, 0.05) is 18.8 Å². The molecular weight excluding hydrogens is 236 g/mol. The Morgan fingerprint density at radius 1 is 1.26 bits per heavy atom. The summed E-state index contributed by atoms with van der Waals surface area (Å²) >= 11 is 0. The smallest absolute Gasteiger partial charge is 0.0692 e. The highest BCUT2D eigenvalue weighted by atomic mass is 15.4. The topological polar surface area (TPSA) is 42.7 Å². The van der Waals surface area contributed by atoms with Gasteiger partial charge in [0.05, 0.1) is 6.20 Å². The second-order valence-corrected chi connectivity index (χ2v) is 6.84. The van der Waals surface area contributed by atoms with Crippen molar-refractivity contribution in [2.24, 2.45) is 11.3 Å². The first-order valence-corrected chi connectivity index (χ1v) is 7.65. The Morgan fingerprint density at radius 3 is 2.74 bits per heavy atom. The van der Waals surface area contributed by atoms with Crippen LogP contribution in [0.1, 0.15) is 52.9 Å². The van der Waals surface area contributed by atoms with Crippen molar-refractivity contribution in [1.29, 1.82) is 0 Å². The fourth-order valence-corrected chi connectivity index (χ4v) is 3.29. The first-order valence-electron chi connectivity index (χ1n) is 7.65. The third-order valence-corrected chi connectivity index (χ3v) is 4.32. The lowest BCUT2D eigenvalue weighted by Crippen LogP contribution is -2.44. The molecule has 0 amide bonds. The molecule has 108 valence electrons. The summed E-state index contributed by atoms with van der Waals surface area (Å²) in [4.78, 5) is 0. The summed E-state index contributed by atoms with van der Waals surface area (Å²) < 4.78 is 1.91. The number of hydrogen-bond acceptors (Lipinski definition) is 3. The SMILES string of the molecule is CC(C)(C)C1CCCCC1NCCCn1ccnn1. The van der Waals surface area contributed by atoms with Crippen LogP contribution in [0.3, 0.4) is 0 Å². The number of aromatic nitrogens is 3. The van der Waals surface area contributed by atoms with Crippen LogP contribution in [0.15, 0.2) is 12.4 Å². The molecule has 1 saturated carbocycles. The van der Waals surface area contributed by atoms with Crippen LogP contribution in [-0.4, -0.2) is 27.6 Å². The normalized spacial score (nSPS) is 24.6. The molecule has 4 heteroatoms. The summed E-state index contributed by atoms with van der Waals surface area (Å²) in [7, 11) is 0. The van der Waals surface area contributed by atoms with E-state index in [9.17, 15) is 0 Å². The zero-order chi connectivity index (χ0) is 13.7. The van der Waals surface area contributed by atoms with Gasteiger partial charge < -0.3 is 5.32 Å². The Hall–Kier alpha value is -0.900. The van der Waals surface area contributed by atoms with Crippen molar-refractivity contribution in [2.75, 3.05) is 6.54 Å². The highest BCUT2D eigenvalue weighted by Gasteiger charge is 2.33.